The minimum Gasteiger partial charge on any atom is -0.496 e. The summed E-state index contributed by atoms with van der Waals surface area (Å²) in [5.74, 6) is 0.0155. The molecule has 5 rings (SSSR count). The number of rotatable bonds is 4. The number of methoxy groups -OCH3 is 1. The molecule has 0 saturated carbocycles. The van der Waals surface area contributed by atoms with Crippen LogP contribution in [0.25, 0.3) is 17.0 Å². The molecular weight excluding hydrogens is 464 g/mol. The molecule has 3 aromatic rings. The molecule has 6 nitrogen and oxygen atoms in total. The number of aromatic amines is 1. The Kier molecular flexibility index (Phi) is 7.96. The standard InChI is InChI=1S/C31H38N2O4/c1-21-17-29(36-2)27(26-12-14-32-30(21)26)20-33-15-13-24-19-28(33)25-11-10-23(31(34)35)18-22(25)9-7-5-3-4-6-8-16-37-24/h7,9-12,14,17-18,24,28,32H,3-6,8,13,15-16,19-20H2,1-2H3,(H,34,35)/b9-7+/t24-,28-/m0/s1. The second kappa shape index (κ2) is 11.5. The maximum atomic E-state index is 11.8. The van der Waals surface area contributed by atoms with Crippen LogP contribution >= 0.6 is 0 Å². The van der Waals surface area contributed by atoms with Gasteiger partial charge in [-0.1, -0.05) is 31.1 Å². The fourth-order valence-electron chi connectivity index (χ4n) is 5.96. The minimum absolute atomic E-state index is 0.115. The lowest BCUT2D eigenvalue weighted by atomic mass is 9.88. The molecule has 2 aliphatic rings. The quantitative estimate of drug-likeness (QED) is 0.407. The van der Waals surface area contributed by atoms with Gasteiger partial charge in [0, 0.05) is 48.4 Å². The number of hydrogen-bond donors (Lipinski definition) is 2. The Morgan fingerprint density at radius 2 is 2.05 bits per heavy atom. The van der Waals surface area contributed by atoms with Crippen LogP contribution in [0.15, 0.2) is 42.6 Å². The number of likely N-dealkylation sites (tertiary alicyclic amines) is 1. The number of benzene rings is 2. The Bertz CT molecular complexity index is 1280. The monoisotopic (exact) mass is 502 g/mol. The van der Waals surface area contributed by atoms with E-state index in [1.54, 1.807) is 13.2 Å². The fourth-order valence-corrected chi connectivity index (χ4v) is 5.96. The third-order valence-corrected chi connectivity index (χ3v) is 7.97. The molecule has 1 aromatic heterocycles. The van der Waals surface area contributed by atoms with Crippen molar-refractivity contribution in [2.24, 2.45) is 0 Å². The lowest BCUT2D eigenvalue weighted by Crippen LogP contribution is -2.40. The molecule has 1 saturated heterocycles. The predicted molar refractivity (Wildman–Crippen MR) is 147 cm³/mol. The third-order valence-electron chi connectivity index (χ3n) is 7.97. The van der Waals surface area contributed by atoms with E-state index in [-0.39, 0.29) is 12.1 Å². The lowest BCUT2D eigenvalue weighted by molar-refractivity contribution is -0.0202. The minimum atomic E-state index is -0.892. The van der Waals surface area contributed by atoms with E-state index >= 15 is 0 Å². The van der Waals surface area contributed by atoms with Gasteiger partial charge in [-0.3, -0.25) is 4.90 Å². The number of aryl methyl sites for hydroxylation is 1. The molecule has 2 aliphatic heterocycles. The molecule has 2 bridgehead atoms. The van der Waals surface area contributed by atoms with Crippen molar-refractivity contribution >= 4 is 22.9 Å². The molecule has 3 heterocycles. The van der Waals surface area contributed by atoms with Crippen molar-refractivity contribution in [1.82, 2.24) is 9.88 Å². The lowest BCUT2D eigenvalue weighted by Gasteiger charge is -2.40. The maximum absolute atomic E-state index is 11.8. The zero-order valence-corrected chi connectivity index (χ0v) is 22.0. The highest BCUT2D eigenvalue weighted by molar-refractivity contribution is 5.89. The number of allylic oxidation sites excluding steroid dienone is 1. The van der Waals surface area contributed by atoms with Gasteiger partial charge in [-0.05, 0) is 80.0 Å². The van der Waals surface area contributed by atoms with Crippen molar-refractivity contribution in [1.29, 1.82) is 0 Å². The third kappa shape index (κ3) is 5.60. The van der Waals surface area contributed by atoms with Crippen LogP contribution in [0.2, 0.25) is 0 Å². The topological polar surface area (TPSA) is 74.8 Å². The van der Waals surface area contributed by atoms with Gasteiger partial charge in [0.1, 0.15) is 5.75 Å². The number of nitrogens with zero attached hydrogens (tertiary/aromatic N) is 1. The number of carbonyl (C=O) groups is 1. The maximum Gasteiger partial charge on any atom is 0.335 e. The van der Waals surface area contributed by atoms with Crippen LogP contribution in [0, 0.1) is 6.92 Å². The van der Waals surface area contributed by atoms with Gasteiger partial charge < -0.3 is 19.6 Å². The Labute approximate surface area is 219 Å². The first-order valence-corrected chi connectivity index (χ1v) is 13.6. The van der Waals surface area contributed by atoms with Crippen molar-refractivity contribution in [3.05, 3.63) is 70.4 Å². The summed E-state index contributed by atoms with van der Waals surface area (Å²) in [6, 6.07) is 9.97. The van der Waals surface area contributed by atoms with E-state index in [1.807, 2.05) is 18.3 Å². The Morgan fingerprint density at radius 3 is 2.89 bits per heavy atom. The summed E-state index contributed by atoms with van der Waals surface area (Å²) >= 11 is 0. The summed E-state index contributed by atoms with van der Waals surface area (Å²) in [7, 11) is 1.74. The summed E-state index contributed by atoms with van der Waals surface area (Å²) in [6.07, 6.45) is 14.1. The molecule has 0 amide bonds. The molecule has 2 atom stereocenters. The van der Waals surface area contributed by atoms with Gasteiger partial charge in [0.25, 0.3) is 0 Å². The molecule has 1 fully saturated rings. The summed E-state index contributed by atoms with van der Waals surface area (Å²) < 4.78 is 12.2. The second-order valence-electron chi connectivity index (χ2n) is 10.4. The van der Waals surface area contributed by atoms with Crippen LogP contribution in [0.4, 0.5) is 0 Å². The van der Waals surface area contributed by atoms with Crippen LogP contribution in [-0.2, 0) is 11.3 Å². The van der Waals surface area contributed by atoms with Crippen molar-refractivity contribution in [2.75, 3.05) is 20.3 Å². The molecule has 0 spiro atoms. The highest BCUT2D eigenvalue weighted by atomic mass is 16.5. The summed E-state index contributed by atoms with van der Waals surface area (Å²) in [5, 5.41) is 10.9. The Hall–Kier alpha value is -3.09. The first kappa shape index (κ1) is 25.6. The smallest absolute Gasteiger partial charge is 0.335 e. The van der Waals surface area contributed by atoms with E-state index in [9.17, 15) is 9.90 Å². The van der Waals surface area contributed by atoms with E-state index in [1.165, 1.54) is 34.9 Å². The summed E-state index contributed by atoms with van der Waals surface area (Å²) in [6.45, 7) is 4.57. The van der Waals surface area contributed by atoms with E-state index in [2.05, 4.69) is 41.1 Å². The van der Waals surface area contributed by atoms with Gasteiger partial charge in [-0.2, -0.15) is 0 Å². The molecule has 2 aromatic carbocycles. The largest absolute Gasteiger partial charge is 0.496 e. The zero-order valence-electron chi connectivity index (χ0n) is 22.0. The van der Waals surface area contributed by atoms with Gasteiger partial charge in [-0.15, -0.1) is 0 Å². The molecule has 6 heteroatoms. The summed E-state index contributed by atoms with van der Waals surface area (Å²) in [4.78, 5) is 17.7. The first-order valence-electron chi connectivity index (χ1n) is 13.6. The van der Waals surface area contributed by atoms with Crippen molar-refractivity contribution in [3.8, 4) is 5.75 Å². The molecule has 0 unspecified atom stereocenters. The summed E-state index contributed by atoms with van der Waals surface area (Å²) in [5.41, 5.74) is 5.99. The number of fused-ring (bicyclic) bond motifs is 5. The number of hydrogen-bond acceptors (Lipinski definition) is 4. The van der Waals surface area contributed by atoms with Crippen LogP contribution in [0.3, 0.4) is 0 Å². The van der Waals surface area contributed by atoms with Crippen molar-refractivity contribution in [2.45, 2.75) is 70.6 Å². The van der Waals surface area contributed by atoms with Gasteiger partial charge >= 0.3 is 5.97 Å². The number of aromatic carboxylic acids is 1. The average Bonchev–Trinajstić information content (AvgIpc) is 3.40. The average molecular weight is 503 g/mol. The first-order chi connectivity index (χ1) is 18.0. The SMILES string of the molecule is COc1cc(C)c2[nH]ccc2c1CN1CC[C@H]2C[C@H]1c1ccc(C(=O)O)cc1/C=C/CCCCCCO2. The zero-order chi connectivity index (χ0) is 25.8. The van der Waals surface area contributed by atoms with E-state index in [0.29, 0.717) is 5.56 Å². The number of ether oxygens (including phenoxy) is 2. The fraction of sp³-hybridized carbons (Fsp3) is 0.452. The van der Waals surface area contributed by atoms with E-state index < -0.39 is 5.97 Å². The van der Waals surface area contributed by atoms with Gasteiger partial charge in [-0.25, -0.2) is 4.79 Å². The Balaban J connectivity index is 1.56. The molecule has 0 radical (unpaired) electrons. The van der Waals surface area contributed by atoms with Crippen LogP contribution in [0.5, 0.6) is 5.75 Å². The normalized spacial score (nSPS) is 22.2. The molecular formula is C31H38N2O4. The Morgan fingerprint density at radius 1 is 1.19 bits per heavy atom. The van der Waals surface area contributed by atoms with Crippen LogP contribution in [-0.4, -0.2) is 47.3 Å². The van der Waals surface area contributed by atoms with Gasteiger partial charge in [0.05, 0.1) is 18.8 Å². The van der Waals surface area contributed by atoms with Crippen LogP contribution in [0.1, 0.15) is 83.6 Å². The van der Waals surface area contributed by atoms with E-state index in [0.717, 1.165) is 68.6 Å². The van der Waals surface area contributed by atoms with E-state index in [4.69, 9.17) is 9.47 Å². The second-order valence-corrected chi connectivity index (χ2v) is 10.4. The number of aromatic nitrogens is 1. The van der Waals surface area contributed by atoms with Crippen molar-refractivity contribution in [3.63, 3.8) is 0 Å². The molecule has 196 valence electrons. The van der Waals surface area contributed by atoms with Gasteiger partial charge in [0.15, 0.2) is 0 Å². The number of nitrogens with one attached hydrogen (secondary N) is 1. The number of H-pyrrole nitrogens is 1. The van der Waals surface area contributed by atoms with Crippen LogP contribution < -0.4 is 4.74 Å². The highest BCUT2D eigenvalue weighted by Crippen LogP contribution is 2.39. The molecule has 0 aliphatic carbocycles. The molecule has 2 N–H and O–H groups in total. The number of piperidine rings is 1. The molecule has 37 heavy (non-hydrogen) atoms. The highest BCUT2D eigenvalue weighted by Gasteiger charge is 2.32. The van der Waals surface area contributed by atoms with Gasteiger partial charge in [0.2, 0.25) is 0 Å². The predicted octanol–water partition coefficient (Wildman–Crippen LogP) is 6.88. The van der Waals surface area contributed by atoms with Crippen molar-refractivity contribution < 1.29 is 19.4 Å². The number of carboxylic acids is 1. The number of carboxylic acid groups (broad SMARTS) is 1.